The van der Waals surface area contributed by atoms with Crippen LogP contribution in [0.15, 0.2) is 15.9 Å². The largest absolute Gasteiger partial charge is 0.301 e. The third kappa shape index (κ3) is 4.58. The molecular weight excluding hydrogens is 258 g/mol. The molecule has 0 aromatic carbocycles. The van der Waals surface area contributed by atoms with Crippen molar-refractivity contribution in [1.82, 2.24) is 4.90 Å². The van der Waals surface area contributed by atoms with Crippen molar-refractivity contribution in [2.75, 3.05) is 13.6 Å². The zero-order valence-corrected chi connectivity index (χ0v) is 11.3. The van der Waals surface area contributed by atoms with Gasteiger partial charge in [-0.15, -0.1) is 11.3 Å². The summed E-state index contributed by atoms with van der Waals surface area (Å²) in [6.07, 6.45) is 3.97. The zero-order chi connectivity index (χ0) is 10.4. The van der Waals surface area contributed by atoms with Crippen molar-refractivity contribution in [3.05, 3.63) is 20.8 Å². The first-order chi connectivity index (χ1) is 6.72. The lowest BCUT2D eigenvalue weighted by atomic mass is 10.2. The highest BCUT2D eigenvalue weighted by molar-refractivity contribution is 9.10. The molecule has 0 bridgehead atoms. The lowest BCUT2D eigenvalue weighted by Gasteiger charge is -2.14. The van der Waals surface area contributed by atoms with Crippen LogP contribution in [0.4, 0.5) is 0 Å². The predicted molar refractivity (Wildman–Crippen MR) is 67.9 cm³/mol. The second kappa shape index (κ2) is 6.59. The summed E-state index contributed by atoms with van der Waals surface area (Å²) in [4.78, 5) is 3.84. The van der Waals surface area contributed by atoms with Gasteiger partial charge in [0.1, 0.15) is 0 Å². The van der Waals surface area contributed by atoms with Gasteiger partial charge in [-0.3, -0.25) is 0 Å². The smallest absolute Gasteiger partial charge is 0.0325 e. The average molecular weight is 276 g/mol. The lowest BCUT2D eigenvalue weighted by Crippen LogP contribution is -2.18. The van der Waals surface area contributed by atoms with Gasteiger partial charge in [-0.2, -0.15) is 0 Å². The molecule has 14 heavy (non-hydrogen) atoms. The molecule has 1 nitrogen and oxygen atoms in total. The summed E-state index contributed by atoms with van der Waals surface area (Å²) in [6, 6.07) is 2.21. The van der Waals surface area contributed by atoms with Crippen molar-refractivity contribution >= 4 is 27.3 Å². The standard InChI is InChI=1S/C11H18BrNS/c1-3-4-5-6-13(2)8-11-7-10(12)9-14-11/h7,9H,3-6,8H2,1-2H3. The van der Waals surface area contributed by atoms with Crippen molar-refractivity contribution in [3.8, 4) is 0 Å². The van der Waals surface area contributed by atoms with Gasteiger partial charge < -0.3 is 4.90 Å². The van der Waals surface area contributed by atoms with Crippen molar-refractivity contribution in [1.29, 1.82) is 0 Å². The fraction of sp³-hybridized carbons (Fsp3) is 0.636. The van der Waals surface area contributed by atoms with Crippen molar-refractivity contribution in [3.63, 3.8) is 0 Å². The van der Waals surface area contributed by atoms with Gasteiger partial charge in [-0.25, -0.2) is 0 Å². The number of halogens is 1. The average Bonchev–Trinajstić information content (AvgIpc) is 2.52. The molecule has 1 aromatic heterocycles. The minimum absolute atomic E-state index is 1.08. The highest BCUT2D eigenvalue weighted by Crippen LogP contribution is 2.20. The molecule has 0 unspecified atom stereocenters. The van der Waals surface area contributed by atoms with Crippen molar-refractivity contribution < 1.29 is 0 Å². The number of nitrogens with zero attached hydrogens (tertiary/aromatic N) is 1. The fourth-order valence-corrected chi connectivity index (χ4v) is 2.94. The Hall–Kier alpha value is 0.140. The maximum Gasteiger partial charge on any atom is 0.0325 e. The Labute approximate surface area is 99.3 Å². The first-order valence-electron chi connectivity index (χ1n) is 5.14. The van der Waals surface area contributed by atoms with E-state index in [2.05, 4.69) is 46.2 Å². The number of hydrogen-bond donors (Lipinski definition) is 0. The van der Waals surface area contributed by atoms with Crippen molar-refractivity contribution in [2.24, 2.45) is 0 Å². The molecule has 1 rings (SSSR count). The molecule has 0 fully saturated rings. The molecule has 0 saturated heterocycles. The summed E-state index contributed by atoms with van der Waals surface area (Å²) in [7, 11) is 2.20. The SMILES string of the molecule is CCCCCN(C)Cc1cc(Br)cs1. The molecule has 0 amide bonds. The van der Waals surface area contributed by atoms with E-state index in [-0.39, 0.29) is 0 Å². The Morgan fingerprint density at radius 2 is 2.21 bits per heavy atom. The number of unbranched alkanes of at least 4 members (excludes halogenated alkanes) is 2. The van der Waals surface area contributed by atoms with E-state index in [9.17, 15) is 0 Å². The molecule has 3 heteroatoms. The molecule has 0 spiro atoms. The van der Waals surface area contributed by atoms with Crippen LogP contribution in [0.1, 0.15) is 31.1 Å². The summed E-state index contributed by atoms with van der Waals surface area (Å²) in [5, 5.41) is 2.15. The summed E-state index contributed by atoms with van der Waals surface area (Å²) < 4.78 is 1.21. The van der Waals surface area contributed by atoms with Gasteiger partial charge in [0.15, 0.2) is 0 Å². The van der Waals surface area contributed by atoms with Gasteiger partial charge in [0.05, 0.1) is 0 Å². The monoisotopic (exact) mass is 275 g/mol. The van der Waals surface area contributed by atoms with Crippen LogP contribution in [0.2, 0.25) is 0 Å². The second-order valence-corrected chi connectivity index (χ2v) is 5.59. The van der Waals surface area contributed by atoms with Crippen LogP contribution in [0.5, 0.6) is 0 Å². The summed E-state index contributed by atoms with van der Waals surface area (Å²) in [6.45, 7) is 4.54. The Morgan fingerprint density at radius 3 is 2.79 bits per heavy atom. The van der Waals surface area contributed by atoms with E-state index in [0.717, 1.165) is 6.54 Å². The van der Waals surface area contributed by atoms with Gasteiger partial charge in [-0.1, -0.05) is 19.8 Å². The van der Waals surface area contributed by atoms with Gasteiger partial charge in [0, 0.05) is 21.3 Å². The lowest BCUT2D eigenvalue weighted by molar-refractivity contribution is 0.321. The number of thiophene rings is 1. The molecule has 0 aliphatic heterocycles. The summed E-state index contributed by atoms with van der Waals surface area (Å²) in [5.41, 5.74) is 0. The van der Waals surface area contributed by atoms with Crippen LogP contribution in [-0.4, -0.2) is 18.5 Å². The van der Waals surface area contributed by atoms with E-state index >= 15 is 0 Å². The van der Waals surface area contributed by atoms with E-state index in [1.807, 2.05) is 11.3 Å². The Balaban J connectivity index is 2.23. The molecule has 0 atom stereocenters. The Bertz CT molecular complexity index is 260. The van der Waals surface area contributed by atoms with Crippen molar-refractivity contribution in [2.45, 2.75) is 32.7 Å². The van der Waals surface area contributed by atoms with Gasteiger partial charge in [0.2, 0.25) is 0 Å². The number of rotatable bonds is 6. The van der Waals surface area contributed by atoms with E-state index < -0.39 is 0 Å². The van der Waals surface area contributed by atoms with E-state index in [4.69, 9.17) is 0 Å². The third-order valence-electron chi connectivity index (χ3n) is 2.19. The van der Waals surface area contributed by atoms with Gasteiger partial charge >= 0.3 is 0 Å². The minimum atomic E-state index is 1.08. The normalized spacial score (nSPS) is 11.1. The molecule has 0 aliphatic rings. The second-order valence-electron chi connectivity index (χ2n) is 3.68. The first-order valence-corrected chi connectivity index (χ1v) is 6.81. The van der Waals surface area contributed by atoms with Crippen LogP contribution in [0, 0.1) is 0 Å². The van der Waals surface area contributed by atoms with E-state index in [0.29, 0.717) is 0 Å². The first kappa shape index (κ1) is 12.2. The minimum Gasteiger partial charge on any atom is -0.301 e. The molecule has 1 heterocycles. The van der Waals surface area contributed by atoms with Crippen LogP contribution < -0.4 is 0 Å². The fourth-order valence-electron chi connectivity index (χ4n) is 1.41. The maximum absolute atomic E-state index is 3.48. The molecule has 0 saturated carbocycles. The predicted octanol–water partition coefficient (Wildman–Crippen LogP) is 4.13. The quantitative estimate of drug-likeness (QED) is 0.706. The van der Waals surface area contributed by atoms with Crippen LogP contribution in [0.3, 0.4) is 0 Å². The maximum atomic E-state index is 3.48. The highest BCUT2D eigenvalue weighted by atomic mass is 79.9. The Morgan fingerprint density at radius 1 is 1.43 bits per heavy atom. The topological polar surface area (TPSA) is 3.24 Å². The molecule has 80 valence electrons. The molecule has 0 aliphatic carbocycles. The van der Waals surface area contributed by atoms with Crippen LogP contribution in [-0.2, 0) is 6.54 Å². The van der Waals surface area contributed by atoms with E-state index in [1.165, 1.54) is 35.2 Å². The number of hydrogen-bond acceptors (Lipinski definition) is 2. The highest BCUT2D eigenvalue weighted by Gasteiger charge is 2.02. The van der Waals surface area contributed by atoms with Crippen LogP contribution in [0.25, 0.3) is 0 Å². The summed E-state index contributed by atoms with van der Waals surface area (Å²) >= 11 is 5.31. The molecule has 0 radical (unpaired) electrons. The molecule has 0 N–H and O–H groups in total. The summed E-state index contributed by atoms with van der Waals surface area (Å²) in [5.74, 6) is 0. The van der Waals surface area contributed by atoms with Crippen LogP contribution >= 0.6 is 27.3 Å². The zero-order valence-electron chi connectivity index (χ0n) is 8.92. The molecular formula is C11H18BrNS. The Kier molecular flexibility index (Phi) is 5.75. The van der Waals surface area contributed by atoms with Gasteiger partial charge in [0.25, 0.3) is 0 Å². The third-order valence-corrected chi connectivity index (χ3v) is 3.87. The molecule has 1 aromatic rings. The van der Waals surface area contributed by atoms with E-state index in [1.54, 1.807) is 0 Å². The van der Waals surface area contributed by atoms with Gasteiger partial charge in [-0.05, 0) is 42.0 Å².